The second-order valence-corrected chi connectivity index (χ2v) is 4.11. The molecule has 104 valence electrons. The number of carboxylic acids is 1. The molecule has 0 aliphatic carbocycles. The lowest BCUT2D eigenvalue weighted by Crippen LogP contribution is -2.31. The zero-order valence-corrected chi connectivity index (χ0v) is 10.3. The molecule has 3 N–H and O–H groups in total. The van der Waals surface area contributed by atoms with E-state index >= 15 is 0 Å². The highest BCUT2D eigenvalue weighted by atomic mass is 19.1. The summed E-state index contributed by atoms with van der Waals surface area (Å²) in [4.78, 5) is 22.5. The number of aliphatic hydroxyl groups is 1. The van der Waals surface area contributed by atoms with Crippen molar-refractivity contribution in [1.29, 1.82) is 0 Å². The Morgan fingerprint density at radius 2 is 2.00 bits per heavy atom. The Hall–Kier alpha value is -1.95. The molecule has 6 heteroatoms. The molecule has 0 radical (unpaired) electrons. The van der Waals surface area contributed by atoms with E-state index < -0.39 is 23.6 Å². The lowest BCUT2D eigenvalue weighted by molar-refractivity contribution is -0.144. The highest BCUT2D eigenvalue weighted by Gasteiger charge is 2.22. The lowest BCUT2D eigenvalue weighted by atomic mass is 9.95. The summed E-state index contributed by atoms with van der Waals surface area (Å²) in [5.41, 5.74) is 0.268. The zero-order valence-electron chi connectivity index (χ0n) is 10.3. The number of rotatable bonds is 7. The molecule has 1 aromatic carbocycles. The summed E-state index contributed by atoms with van der Waals surface area (Å²) < 4.78 is 13.4. The number of benzene rings is 1. The van der Waals surface area contributed by atoms with E-state index in [0.29, 0.717) is 0 Å². The standard InChI is InChI=1S/C13H16FNO4/c14-11-4-2-1-3-9(11)7-10(13(18)19)8-12(17)15-5-6-16/h1-4,10,16H,5-8H2,(H,15,17)(H,18,19). The maximum Gasteiger partial charge on any atom is 0.307 e. The van der Waals surface area contributed by atoms with Gasteiger partial charge in [-0.2, -0.15) is 0 Å². The van der Waals surface area contributed by atoms with Crippen LogP contribution < -0.4 is 5.32 Å². The number of hydrogen-bond donors (Lipinski definition) is 3. The third-order valence-corrected chi connectivity index (χ3v) is 2.64. The van der Waals surface area contributed by atoms with E-state index in [9.17, 15) is 14.0 Å². The molecule has 0 saturated heterocycles. The largest absolute Gasteiger partial charge is 0.481 e. The minimum absolute atomic E-state index is 0.0471. The van der Waals surface area contributed by atoms with E-state index in [4.69, 9.17) is 10.2 Å². The molecule has 5 nitrogen and oxygen atoms in total. The van der Waals surface area contributed by atoms with Crippen molar-refractivity contribution in [3.63, 3.8) is 0 Å². The average Bonchev–Trinajstić information content (AvgIpc) is 2.38. The summed E-state index contributed by atoms with van der Waals surface area (Å²) >= 11 is 0. The van der Waals surface area contributed by atoms with Gasteiger partial charge in [-0.05, 0) is 18.1 Å². The van der Waals surface area contributed by atoms with Gasteiger partial charge in [0.2, 0.25) is 5.91 Å². The molecule has 0 fully saturated rings. The number of carbonyl (C=O) groups excluding carboxylic acids is 1. The number of amides is 1. The van der Waals surface area contributed by atoms with Crippen molar-refractivity contribution < 1.29 is 24.2 Å². The highest BCUT2D eigenvalue weighted by molar-refractivity contribution is 5.82. The van der Waals surface area contributed by atoms with Crippen LogP contribution >= 0.6 is 0 Å². The smallest absolute Gasteiger partial charge is 0.307 e. The van der Waals surface area contributed by atoms with Crippen LogP contribution in [0, 0.1) is 11.7 Å². The van der Waals surface area contributed by atoms with Gasteiger partial charge in [0.15, 0.2) is 0 Å². The van der Waals surface area contributed by atoms with Gasteiger partial charge in [0.25, 0.3) is 0 Å². The second kappa shape index (κ2) is 7.48. The molecular weight excluding hydrogens is 253 g/mol. The zero-order chi connectivity index (χ0) is 14.3. The molecule has 0 bridgehead atoms. The highest BCUT2D eigenvalue weighted by Crippen LogP contribution is 2.15. The minimum atomic E-state index is -1.15. The monoisotopic (exact) mass is 269 g/mol. The maximum atomic E-state index is 13.4. The molecule has 1 rings (SSSR count). The summed E-state index contributed by atoms with van der Waals surface area (Å²) in [6, 6.07) is 5.88. The summed E-state index contributed by atoms with van der Waals surface area (Å²) in [6.07, 6.45) is -0.293. The average molecular weight is 269 g/mol. The van der Waals surface area contributed by atoms with Crippen molar-refractivity contribution in [2.75, 3.05) is 13.2 Å². The number of aliphatic carboxylic acids is 1. The van der Waals surface area contributed by atoms with Crippen molar-refractivity contribution in [3.8, 4) is 0 Å². The molecule has 1 aromatic rings. The van der Waals surface area contributed by atoms with E-state index in [0.717, 1.165) is 0 Å². The Morgan fingerprint density at radius 1 is 1.32 bits per heavy atom. The van der Waals surface area contributed by atoms with E-state index in [1.54, 1.807) is 6.07 Å². The summed E-state index contributed by atoms with van der Waals surface area (Å²) in [5, 5.41) is 20.0. The molecule has 0 saturated carbocycles. The molecular formula is C13H16FNO4. The number of carbonyl (C=O) groups is 2. The number of hydrogen-bond acceptors (Lipinski definition) is 3. The summed E-state index contributed by atoms with van der Waals surface area (Å²) in [7, 11) is 0. The molecule has 1 atom stereocenters. The Labute approximate surface area is 110 Å². The third kappa shape index (κ3) is 5.05. The molecule has 0 aromatic heterocycles. The van der Waals surface area contributed by atoms with Gasteiger partial charge in [-0.1, -0.05) is 18.2 Å². The van der Waals surface area contributed by atoms with E-state index in [2.05, 4.69) is 5.32 Å². The summed E-state index contributed by atoms with van der Waals surface area (Å²) in [6.45, 7) is -0.137. The van der Waals surface area contributed by atoms with Gasteiger partial charge >= 0.3 is 5.97 Å². The lowest BCUT2D eigenvalue weighted by Gasteiger charge is -2.12. The predicted molar refractivity (Wildman–Crippen MR) is 65.9 cm³/mol. The number of aliphatic hydroxyl groups excluding tert-OH is 1. The SMILES string of the molecule is O=C(CC(Cc1ccccc1F)C(=O)O)NCCO. The van der Waals surface area contributed by atoms with Crippen LogP contribution in [0.5, 0.6) is 0 Å². The van der Waals surface area contributed by atoms with E-state index in [1.165, 1.54) is 18.2 Å². The quantitative estimate of drug-likeness (QED) is 0.675. The molecule has 0 aliphatic rings. The van der Waals surface area contributed by atoms with Crippen molar-refractivity contribution in [1.82, 2.24) is 5.32 Å². The van der Waals surface area contributed by atoms with Gasteiger partial charge in [0.05, 0.1) is 12.5 Å². The van der Waals surface area contributed by atoms with Crippen molar-refractivity contribution >= 4 is 11.9 Å². The third-order valence-electron chi connectivity index (χ3n) is 2.64. The van der Waals surface area contributed by atoms with Crippen LogP contribution in [-0.2, 0) is 16.0 Å². The van der Waals surface area contributed by atoms with Gasteiger partial charge in [0, 0.05) is 13.0 Å². The first-order chi connectivity index (χ1) is 9.04. The molecule has 0 aliphatic heterocycles. The van der Waals surface area contributed by atoms with Crippen LogP contribution in [0.2, 0.25) is 0 Å². The molecule has 0 heterocycles. The van der Waals surface area contributed by atoms with E-state index in [1.807, 2.05) is 0 Å². The van der Waals surface area contributed by atoms with Crippen molar-refractivity contribution in [3.05, 3.63) is 35.6 Å². The minimum Gasteiger partial charge on any atom is -0.481 e. The van der Waals surface area contributed by atoms with Gasteiger partial charge in [0.1, 0.15) is 5.82 Å². The fourth-order valence-electron chi connectivity index (χ4n) is 1.67. The fraction of sp³-hybridized carbons (Fsp3) is 0.385. The van der Waals surface area contributed by atoms with Crippen LogP contribution in [0.3, 0.4) is 0 Å². The molecule has 19 heavy (non-hydrogen) atoms. The van der Waals surface area contributed by atoms with Gasteiger partial charge in [-0.15, -0.1) is 0 Å². The van der Waals surface area contributed by atoms with Crippen molar-refractivity contribution in [2.24, 2.45) is 5.92 Å². The Morgan fingerprint density at radius 3 is 2.58 bits per heavy atom. The van der Waals surface area contributed by atoms with Crippen LogP contribution in [0.15, 0.2) is 24.3 Å². The van der Waals surface area contributed by atoms with Crippen molar-refractivity contribution in [2.45, 2.75) is 12.8 Å². The normalized spacial score (nSPS) is 11.9. The fourth-order valence-corrected chi connectivity index (χ4v) is 1.67. The predicted octanol–water partition coefficient (Wildman–Crippen LogP) is 0.568. The van der Waals surface area contributed by atoms with Crippen LogP contribution in [0.1, 0.15) is 12.0 Å². The molecule has 1 amide bonds. The van der Waals surface area contributed by atoms with Gasteiger partial charge in [-0.3, -0.25) is 9.59 Å². The van der Waals surface area contributed by atoms with Crippen LogP contribution in [0.4, 0.5) is 4.39 Å². The Kier molecular flexibility index (Phi) is 5.95. The van der Waals surface area contributed by atoms with Gasteiger partial charge in [-0.25, -0.2) is 4.39 Å². The first-order valence-electron chi connectivity index (χ1n) is 5.88. The Balaban J connectivity index is 2.66. The van der Waals surface area contributed by atoms with Crippen LogP contribution in [0.25, 0.3) is 0 Å². The molecule has 0 spiro atoms. The Bertz CT molecular complexity index is 450. The second-order valence-electron chi connectivity index (χ2n) is 4.11. The number of halogens is 1. The van der Waals surface area contributed by atoms with E-state index in [-0.39, 0.29) is 31.6 Å². The van der Waals surface area contributed by atoms with Crippen LogP contribution in [-0.4, -0.2) is 35.2 Å². The molecule has 1 unspecified atom stereocenters. The van der Waals surface area contributed by atoms with Gasteiger partial charge < -0.3 is 15.5 Å². The first-order valence-corrected chi connectivity index (χ1v) is 5.88. The summed E-state index contributed by atoms with van der Waals surface area (Å²) in [5.74, 6) is -3.10. The maximum absolute atomic E-state index is 13.4. The number of carboxylic acid groups (broad SMARTS) is 1. The topological polar surface area (TPSA) is 86.6 Å². The number of nitrogens with one attached hydrogen (secondary N) is 1. The first kappa shape index (κ1) is 15.1.